The van der Waals surface area contributed by atoms with Crippen molar-refractivity contribution >= 4 is 11.8 Å². The zero-order valence-corrected chi connectivity index (χ0v) is 17.7. The van der Waals surface area contributed by atoms with Crippen LogP contribution in [0, 0.1) is 17.8 Å². The molecule has 2 rings (SSSR count). The lowest BCUT2D eigenvalue weighted by molar-refractivity contribution is 0.126. The molecule has 1 aliphatic heterocycles. The smallest absolute Gasteiger partial charge is 0.119 e. The highest BCUT2D eigenvalue weighted by Gasteiger charge is 2.31. The molecule has 25 heavy (non-hydrogen) atoms. The summed E-state index contributed by atoms with van der Waals surface area (Å²) in [6.45, 7) is 13.8. The molecule has 0 spiro atoms. The van der Waals surface area contributed by atoms with E-state index in [1.54, 1.807) is 11.8 Å². The fraction of sp³-hybridized carbons (Fsp3) is 0.714. The Bertz CT molecular complexity index is 463. The monoisotopic (exact) mass is 367 g/mol. The van der Waals surface area contributed by atoms with Gasteiger partial charge in [-0.05, 0) is 55.7 Å². The molecule has 1 aliphatic rings. The fourth-order valence-electron chi connectivity index (χ4n) is 3.26. The summed E-state index contributed by atoms with van der Waals surface area (Å²) in [5.74, 6) is 2.44. The van der Waals surface area contributed by atoms with Gasteiger partial charge in [-0.1, -0.05) is 27.7 Å². The number of aliphatic hydroxyl groups excluding tert-OH is 1. The normalized spacial score (nSPS) is 21.8. The third-order valence-electron chi connectivity index (χ3n) is 4.98. The second kappa shape index (κ2) is 11.8. The first kappa shape index (κ1) is 22.3. The van der Waals surface area contributed by atoms with Crippen LogP contribution < -0.4 is 4.74 Å². The van der Waals surface area contributed by atoms with Crippen LogP contribution in [-0.2, 0) is 0 Å². The molecule has 0 amide bonds. The van der Waals surface area contributed by atoms with Crippen molar-refractivity contribution < 1.29 is 9.84 Å². The van der Waals surface area contributed by atoms with Gasteiger partial charge < -0.3 is 9.84 Å². The van der Waals surface area contributed by atoms with Crippen LogP contribution in [0.25, 0.3) is 0 Å². The largest absolute Gasteiger partial charge is 0.493 e. The van der Waals surface area contributed by atoms with E-state index in [1.165, 1.54) is 11.3 Å². The minimum atomic E-state index is 0.282. The number of benzene rings is 1. The Labute approximate surface area is 159 Å². The second-order valence-electron chi connectivity index (χ2n) is 7.08. The lowest BCUT2D eigenvalue weighted by Gasteiger charge is -2.28. The van der Waals surface area contributed by atoms with Crippen molar-refractivity contribution in [1.82, 2.24) is 4.90 Å². The van der Waals surface area contributed by atoms with E-state index in [0.29, 0.717) is 23.8 Å². The Kier molecular flexibility index (Phi) is 10.6. The first-order valence-electron chi connectivity index (χ1n) is 9.65. The standard InChI is InChI=1S/C19H31NO2S.C2H6/c1-14(2)17(12-21)11-20-10-16(9-15(20)3)13-22-18-5-7-19(23-4)8-6-18;1-2/h5-8,14-17,21H,9-13H2,1-4H3;1-2H3. The molecule has 1 aromatic carbocycles. The van der Waals surface area contributed by atoms with Crippen LogP contribution >= 0.6 is 11.8 Å². The molecule has 0 aliphatic carbocycles. The summed E-state index contributed by atoms with van der Waals surface area (Å²) < 4.78 is 5.98. The van der Waals surface area contributed by atoms with Gasteiger partial charge in [0, 0.05) is 36.6 Å². The molecular formula is C21H37NO2S. The lowest BCUT2D eigenvalue weighted by atomic mass is 9.96. The number of hydrogen-bond acceptors (Lipinski definition) is 4. The summed E-state index contributed by atoms with van der Waals surface area (Å²) in [7, 11) is 0. The zero-order chi connectivity index (χ0) is 18.8. The number of ether oxygens (including phenoxy) is 1. The van der Waals surface area contributed by atoms with Gasteiger partial charge in [-0.3, -0.25) is 4.90 Å². The number of likely N-dealkylation sites (tertiary alicyclic amines) is 1. The van der Waals surface area contributed by atoms with Crippen LogP contribution in [0.15, 0.2) is 29.2 Å². The van der Waals surface area contributed by atoms with Crippen molar-refractivity contribution in [1.29, 1.82) is 0 Å². The predicted octanol–water partition coefficient (Wildman–Crippen LogP) is 4.79. The molecule has 0 radical (unpaired) electrons. The average molecular weight is 368 g/mol. The SMILES string of the molecule is CC.CSc1ccc(OCC2CC(C)N(CC(CO)C(C)C)C2)cc1. The van der Waals surface area contributed by atoms with Crippen molar-refractivity contribution in [2.75, 3.05) is 32.6 Å². The molecule has 0 bridgehead atoms. The lowest BCUT2D eigenvalue weighted by Crippen LogP contribution is -2.36. The number of thioether (sulfide) groups is 1. The van der Waals surface area contributed by atoms with E-state index in [-0.39, 0.29) is 6.61 Å². The van der Waals surface area contributed by atoms with Gasteiger partial charge in [0.2, 0.25) is 0 Å². The minimum Gasteiger partial charge on any atom is -0.493 e. The van der Waals surface area contributed by atoms with E-state index in [9.17, 15) is 5.11 Å². The highest BCUT2D eigenvalue weighted by molar-refractivity contribution is 7.98. The molecule has 1 aromatic rings. The summed E-state index contributed by atoms with van der Waals surface area (Å²) >= 11 is 1.75. The van der Waals surface area contributed by atoms with Crippen LogP contribution in [-0.4, -0.2) is 48.6 Å². The average Bonchev–Trinajstić information content (AvgIpc) is 2.99. The van der Waals surface area contributed by atoms with Crippen molar-refractivity contribution in [3.63, 3.8) is 0 Å². The minimum absolute atomic E-state index is 0.282. The Morgan fingerprint density at radius 2 is 1.88 bits per heavy atom. The van der Waals surface area contributed by atoms with Gasteiger partial charge >= 0.3 is 0 Å². The molecule has 3 atom stereocenters. The maximum atomic E-state index is 9.55. The van der Waals surface area contributed by atoms with Gasteiger partial charge in [0.05, 0.1) is 6.61 Å². The van der Waals surface area contributed by atoms with Gasteiger partial charge in [0.15, 0.2) is 0 Å². The van der Waals surface area contributed by atoms with E-state index in [0.717, 1.165) is 25.4 Å². The van der Waals surface area contributed by atoms with Crippen molar-refractivity contribution in [3.05, 3.63) is 24.3 Å². The van der Waals surface area contributed by atoms with Gasteiger partial charge in [-0.2, -0.15) is 0 Å². The summed E-state index contributed by atoms with van der Waals surface area (Å²) in [5.41, 5.74) is 0. The van der Waals surface area contributed by atoms with Gasteiger partial charge in [0.25, 0.3) is 0 Å². The second-order valence-corrected chi connectivity index (χ2v) is 7.96. The molecule has 3 unspecified atom stereocenters. The third kappa shape index (κ3) is 7.20. The zero-order valence-electron chi connectivity index (χ0n) is 16.9. The summed E-state index contributed by atoms with van der Waals surface area (Å²) in [6.07, 6.45) is 3.26. The maximum Gasteiger partial charge on any atom is 0.119 e. The van der Waals surface area contributed by atoms with E-state index in [2.05, 4.69) is 56.2 Å². The van der Waals surface area contributed by atoms with Crippen LogP contribution in [0.4, 0.5) is 0 Å². The van der Waals surface area contributed by atoms with Crippen LogP contribution in [0.3, 0.4) is 0 Å². The summed E-state index contributed by atoms with van der Waals surface area (Å²) in [5, 5.41) is 9.55. The third-order valence-corrected chi connectivity index (χ3v) is 5.73. The number of rotatable bonds is 8. The van der Waals surface area contributed by atoms with Crippen LogP contribution in [0.5, 0.6) is 5.75 Å². The number of nitrogens with zero attached hydrogens (tertiary/aromatic N) is 1. The molecule has 1 saturated heterocycles. The van der Waals surface area contributed by atoms with E-state index >= 15 is 0 Å². The molecule has 1 fully saturated rings. The molecule has 3 nitrogen and oxygen atoms in total. The first-order valence-corrected chi connectivity index (χ1v) is 10.9. The quantitative estimate of drug-likeness (QED) is 0.670. The molecular weight excluding hydrogens is 330 g/mol. The maximum absolute atomic E-state index is 9.55. The van der Waals surface area contributed by atoms with Crippen molar-refractivity contribution in [2.45, 2.75) is 52.0 Å². The predicted molar refractivity (Wildman–Crippen MR) is 110 cm³/mol. The van der Waals surface area contributed by atoms with Gasteiger partial charge in [0.1, 0.15) is 5.75 Å². The van der Waals surface area contributed by atoms with Crippen molar-refractivity contribution in [2.24, 2.45) is 17.8 Å². The molecule has 4 heteroatoms. The summed E-state index contributed by atoms with van der Waals surface area (Å²) in [4.78, 5) is 3.79. The highest BCUT2D eigenvalue weighted by Crippen LogP contribution is 2.27. The Balaban J connectivity index is 0.00000151. The molecule has 0 saturated carbocycles. The van der Waals surface area contributed by atoms with Crippen molar-refractivity contribution in [3.8, 4) is 5.75 Å². The van der Waals surface area contributed by atoms with Gasteiger partial charge in [-0.25, -0.2) is 0 Å². The number of hydrogen-bond donors (Lipinski definition) is 1. The Morgan fingerprint density at radius 3 is 2.40 bits per heavy atom. The van der Waals surface area contributed by atoms with E-state index in [4.69, 9.17) is 4.74 Å². The van der Waals surface area contributed by atoms with E-state index < -0.39 is 0 Å². The number of aliphatic hydroxyl groups is 1. The van der Waals surface area contributed by atoms with Crippen LogP contribution in [0.1, 0.15) is 41.0 Å². The molecule has 1 heterocycles. The topological polar surface area (TPSA) is 32.7 Å². The van der Waals surface area contributed by atoms with E-state index in [1.807, 2.05) is 13.8 Å². The molecule has 0 aromatic heterocycles. The Morgan fingerprint density at radius 1 is 1.24 bits per heavy atom. The highest BCUT2D eigenvalue weighted by atomic mass is 32.2. The fourth-order valence-corrected chi connectivity index (χ4v) is 3.67. The molecule has 144 valence electrons. The van der Waals surface area contributed by atoms with Gasteiger partial charge in [-0.15, -0.1) is 11.8 Å². The Hall–Kier alpha value is -0.710. The summed E-state index contributed by atoms with van der Waals surface area (Å²) in [6, 6.07) is 8.91. The first-order chi connectivity index (χ1) is 12.0. The van der Waals surface area contributed by atoms with Crippen LogP contribution in [0.2, 0.25) is 0 Å². The molecule has 1 N–H and O–H groups in total.